The summed E-state index contributed by atoms with van der Waals surface area (Å²) in [5, 5.41) is 10.1. The number of rotatable bonds is 5. The van der Waals surface area contributed by atoms with Gasteiger partial charge >= 0.3 is 6.03 Å². The Hall–Kier alpha value is -2.61. The number of morpholine rings is 1. The standard InChI is InChI=1S/C18H24N6O2/c1-23-16(14(11-21-23)13-4-5-13)12-20-18(25)22-17-15(3-2-6-19-17)24-7-9-26-10-8-24/h2-3,6,11,13H,4-5,7-10,12H2,1H3,(H2,19,20,22,25). The number of amides is 2. The minimum Gasteiger partial charge on any atom is -0.378 e. The van der Waals surface area contributed by atoms with E-state index in [2.05, 4.69) is 25.6 Å². The summed E-state index contributed by atoms with van der Waals surface area (Å²) in [5.74, 6) is 1.17. The van der Waals surface area contributed by atoms with Crippen LogP contribution in [0.2, 0.25) is 0 Å². The smallest absolute Gasteiger partial charge is 0.320 e. The molecule has 2 aromatic heterocycles. The number of urea groups is 1. The van der Waals surface area contributed by atoms with Gasteiger partial charge in [-0.05, 0) is 36.5 Å². The molecule has 1 saturated carbocycles. The summed E-state index contributed by atoms with van der Waals surface area (Å²) in [4.78, 5) is 18.9. The summed E-state index contributed by atoms with van der Waals surface area (Å²) < 4.78 is 7.24. The number of carbonyl (C=O) groups excluding carboxylic acids is 1. The maximum Gasteiger partial charge on any atom is 0.320 e. The van der Waals surface area contributed by atoms with Crippen molar-refractivity contribution in [3.8, 4) is 0 Å². The number of pyridine rings is 1. The lowest BCUT2D eigenvalue weighted by atomic mass is 10.1. The van der Waals surface area contributed by atoms with Crippen LogP contribution < -0.4 is 15.5 Å². The Labute approximate surface area is 152 Å². The number of nitrogens with one attached hydrogen (secondary N) is 2. The first-order chi connectivity index (χ1) is 12.7. The molecule has 0 bridgehead atoms. The molecule has 0 unspecified atom stereocenters. The van der Waals surface area contributed by atoms with Gasteiger partial charge in [-0.25, -0.2) is 9.78 Å². The quantitative estimate of drug-likeness (QED) is 0.854. The van der Waals surface area contributed by atoms with E-state index in [0.717, 1.165) is 24.5 Å². The molecule has 1 aliphatic heterocycles. The van der Waals surface area contributed by atoms with Crippen LogP contribution >= 0.6 is 0 Å². The molecular formula is C18H24N6O2. The molecule has 0 spiro atoms. The van der Waals surface area contributed by atoms with Gasteiger partial charge in [-0.1, -0.05) is 0 Å². The predicted octanol–water partition coefficient (Wildman–Crippen LogP) is 1.85. The van der Waals surface area contributed by atoms with Gasteiger partial charge < -0.3 is 15.0 Å². The monoisotopic (exact) mass is 356 g/mol. The molecule has 0 aromatic carbocycles. The second-order valence-corrected chi connectivity index (χ2v) is 6.72. The van der Waals surface area contributed by atoms with Crippen molar-refractivity contribution in [2.24, 2.45) is 7.05 Å². The molecule has 8 heteroatoms. The van der Waals surface area contributed by atoms with Gasteiger partial charge in [0.15, 0.2) is 5.82 Å². The molecule has 8 nitrogen and oxygen atoms in total. The molecule has 2 aromatic rings. The van der Waals surface area contributed by atoms with E-state index in [0.29, 0.717) is 31.5 Å². The van der Waals surface area contributed by atoms with E-state index in [1.165, 1.54) is 18.4 Å². The van der Waals surface area contributed by atoms with Gasteiger partial charge in [0.1, 0.15) is 0 Å². The van der Waals surface area contributed by atoms with E-state index < -0.39 is 0 Å². The molecular weight excluding hydrogens is 332 g/mol. The molecule has 1 saturated heterocycles. The van der Waals surface area contributed by atoms with Crippen LogP contribution in [-0.4, -0.2) is 47.1 Å². The van der Waals surface area contributed by atoms with Crippen molar-refractivity contribution >= 4 is 17.5 Å². The second-order valence-electron chi connectivity index (χ2n) is 6.72. The zero-order valence-corrected chi connectivity index (χ0v) is 14.9. The third-order valence-corrected chi connectivity index (χ3v) is 4.90. The fourth-order valence-electron chi connectivity index (χ4n) is 3.30. The number of hydrogen-bond donors (Lipinski definition) is 2. The van der Waals surface area contributed by atoms with Crippen LogP contribution in [0.25, 0.3) is 0 Å². The fraction of sp³-hybridized carbons (Fsp3) is 0.500. The van der Waals surface area contributed by atoms with E-state index in [4.69, 9.17) is 4.74 Å². The van der Waals surface area contributed by atoms with Gasteiger partial charge in [-0.15, -0.1) is 0 Å². The lowest BCUT2D eigenvalue weighted by Gasteiger charge is -2.29. The van der Waals surface area contributed by atoms with Crippen LogP contribution in [0.1, 0.15) is 30.0 Å². The summed E-state index contributed by atoms with van der Waals surface area (Å²) in [6, 6.07) is 3.59. The van der Waals surface area contributed by atoms with Crippen LogP contribution in [0.15, 0.2) is 24.5 Å². The van der Waals surface area contributed by atoms with E-state index in [1.807, 2.05) is 30.1 Å². The molecule has 2 fully saturated rings. The molecule has 2 aliphatic rings. The van der Waals surface area contributed by atoms with Crippen molar-refractivity contribution in [2.75, 3.05) is 36.5 Å². The zero-order chi connectivity index (χ0) is 17.9. The van der Waals surface area contributed by atoms with Gasteiger partial charge in [-0.2, -0.15) is 5.10 Å². The fourth-order valence-corrected chi connectivity index (χ4v) is 3.30. The predicted molar refractivity (Wildman–Crippen MR) is 98.3 cm³/mol. The topological polar surface area (TPSA) is 84.3 Å². The van der Waals surface area contributed by atoms with Crippen LogP contribution in [-0.2, 0) is 18.3 Å². The Kier molecular flexibility index (Phi) is 4.75. The summed E-state index contributed by atoms with van der Waals surface area (Å²) >= 11 is 0. The number of aromatic nitrogens is 3. The molecule has 2 amide bonds. The van der Waals surface area contributed by atoms with Crippen molar-refractivity contribution in [3.05, 3.63) is 35.8 Å². The highest BCUT2D eigenvalue weighted by molar-refractivity contribution is 5.91. The van der Waals surface area contributed by atoms with Crippen molar-refractivity contribution in [2.45, 2.75) is 25.3 Å². The lowest BCUT2D eigenvalue weighted by molar-refractivity contribution is 0.122. The van der Waals surface area contributed by atoms with Crippen molar-refractivity contribution in [1.82, 2.24) is 20.1 Å². The number of ether oxygens (including phenoxy) is 1. The van der Waals surface area contributed by atoms with Crippen LogP contribution in [0.5, 0.6) is 0 Å². The van der Waals surface area contributed by atoms with E-state index in [9.17, 15) is 4.79 Å². The summed E-state index contributed by atoms with van der Waals surface area (Å²) in [5.41, 5.74) is 3.24. The summed E-state index contributed by atoms with van der Waals surface area (Å²) in [6.07, 6.45) is 6.03. The van der Waals surface area contributed by atoms with Gasteiger partial charge in [0, 0.05) is 26.3 Å². The third-order valence-electron chi connectivity index (χ3n) is 4.90. The first-order valence-corrected chi connectivity index (χ1v) is 9.05. The van der Waals surface area contributed by atoms with E-state index >= 15 is 0 Å². The molecule has 2 N–H and O–H groups in total. The van der Waals surface area contributed by atoms with Gasteiger partial charge in [0.25, 0.3) is 0 Å². The van der Waals surface area contributed by atoms with Crippen LogP contribution in [0.4, 0.5) is 16.3 Å². The third kappa shape index (κ3) is 3.65. The molecule has 138 valence electrons. The SMILES string of the molecule is Cn1ncc(C2CC2)c1CNC(=O)Nc1ncccc1N1CCOCC1. The molecule has 0 atom stereocenters. The first-order valence-electron chi connectivity index (χ1n) is 9.05. The van der Waals surface area contributed by atoms with Gasteiger partial charge in [0.05, 0.1) is 37.3 Å². The lowest BCUT2D eigenvalue weighted by Crippen LogP contribution is -2.37. The summed E-state index contributed by atoms with van der Waals surface area (Å²) in [7, 11) is 1.91. The minimum atomic E-state index is -0.263. The minimum absolute atomic E-state index is 0.263. The molecule has 1 aliphatic carbocycles. The number of aryl methyl sites for hydroxylation is 1. The van der Waals surface area contributed by atoms with Gasteiger partial charge in [-0.3, -0.25) is 10.00 Å². The molecule has 4 rings (SSSR count). The van der Waals surface area contributed by atoms with Crippen LogP contribution in [0.3, 0.4) is 0 Å². The number of hydrogen-bond acceptors (Lipinski definition) is 5. The summed E-state index contributed by atoms with van der Waals surface area (Å²) in [6.45, 7) is 3.41. The Morgan fingerprint density at radius 1 is 1.35 bits per heavy atom. The Morgan fingerprint density at radius 3 is 2.92 bits per heavy atom. The second kappa shape index (κ2) is 7.33. The van der Waals surface area contributed by atoms with Crippen molar-refractivity contribution in [3.63, 3.8) is 0 Å². The maximum atomic E-state index is 12.4. The first kappa shape index (κ1) is 16.8. The van der Waals surface area contributed by atoms with Crippen LogP contribution in [0, 0.1) is 0 Å². The molecule has 0 radical (unpaired) electrons. The highest BCUT2D eigenvalue weighted by atomic mass is 16.5. The number of nitrogens with zero attached hydrogens (tertiary/aromatic N) is 4. The normalized spacial score (nSPS) is 17.2. The largest absolute Gasteiger partial charge is 0.378 e. The molecule has 3 heterocycles. The van der Waals surface area contributed by atoms with Crippen molar-refractivity contribution in [1.29, 1.82) is 0 Å². The number of anilines is 2. The molecule has 26 heavy (non-hydrogen) atoms. The average molecular weight is 356 g/mol. The van der Waals surface area contributed by atoms with E-state index in [-0.39, 0.29) is 6.03 Å². The highest BCUT2D eigenvalue weighted by Crippen LogP contribution is 2.41. The Bertz CT molecular complexity index is 780. The Balaban J connectivity index is 1.40. The zero-order valence-electron chi connectivity index (χ0n) is 14.9. The van der Waals surface area contributed by atoms with Crippen molar-refractivity contribution < 1.29 is 9.53 Å². The Morgan fingerprint density at radius 2 is 2.15 bits per heavy atom. The number of carbonyl (C=O) groups is 1. The highest BCUT2D eigenvalue weighted by Gasteiger charge is 2.28. The van der Waals surface area contributed by atoms with E-state index in [1.54, 1.807) is 6.20 Å². The maximum absolute atomic E-state index is 12.4. The average Bonchev–Trinajstić information content (AvgIpc) is 3.44. The van der Waals surface area contributed by atoms with Gasteiger partial charge in [0.2, 0.25) is 0 Å².